The molecule has 0 aliphatic carbocycles. The maximum absolute atomic E-state index is 10.5. The van der Waals surface area contributed by atoms with Gasteiger partial charge in [0.2, 0.25) is 0 Å². The molecule has 0 saturated carbocycles. The molecule has 0 unspecified atom stereocenters. The van der Waals surface area contributed by atoms with E-state index < -0.39 is 19.4 Å². The minimum atomic E-state index is -2.92. The smallest absolute Gasteiger partial charge is 0.401 e. The van der Waals surface area contributed by atoms with E-state index in [9.17, 15) is 8.78 Å². The molecule has 0 rings (SSSR count). The molecule has 0 radical (unpaired) electrons. The van der Waals surface area contributed by atoms with Crippen molar-refractivity contribution in [2.24, 2.45) is 0 Å². The molecule has 0 atom stereocenters. The van der Waals surface area contributed by atoms with Crippen LogP contribution in [0.1, 0.15) is 41.5 Å². The number of quaternary nitrogens is 3. The van der Waals surface area contributed by atoms with Crippen molar-refractivity contribution in [3.8, 4) is 0 Å². The summed E-state index contributed by atoms with van der Waals surface area (Å²) in [6, 6.07) is -5.09. The number of rotatable bonds is 7. The molecule has 31 heavy (non-hydrogen) atoms. The van der Waals surface area contributed by atoms with Crippen LogP contribution in [0.3, 0.4) is 0 Å². The minimum absolute atomic E-state index is 1.14. The number of nitrogens with zero attached hydrogens (tertiary/aromatic N) is 3. The first-order valence-electron chi connectivity index (χ1n) is 10.6. The third-order valence-corrected chi connectivity index (χ3v) is 5.29. The van der Waals surface area contributed by atoms with Crippen molar-refractivity contribution in [1.82, 2.24) is 0 Å². The standard InChI is InChI=1S/3C6H16N.C2F2O2.BO3/c3*1-5-7(3,4)6-2;3-1(5)2(4)6;2-1(3)4/h3*5-6H2,1-4H3;;/q3*+1;;-3. The molecule has 0 amide bonds. The normalized spacial score (nSPS) is 10.5. The molecule has 11 heteroatoms. The van der Waals surface area contributed by atoms with Gasteiger partial charge in [-0.25, -0.2) is 9.59 Å². The van der Waals surface area contributed by atoms with Gasteiger partial charge in [-0.2, -0.15) is 8.78 Å². The molecular weight excluding hydrogens is 411 g/mol. The fraction of sp³-hybridized carbons (Fsp3) is 0.900. The van der Waals surface area contributed by atoms with Gasteiger partial charge in [0, 0.05) is 0 Å². The molecule has 0 aromatic rings. The summed E-state index contributed by atoms with van der Waals surface area (Å²) in [5.74, 6) is 0. The lowest BCUT2D eigenvalue weighted by Gasteiger charge is -2.35. The lowest BCUT2D eigenvalue weighted by Crippen LogP contribution is -2.56. The number of hydrogen-bond donors (Lipinski definition) is 0. The van der Waals surface area contributed by atoms with Crippen molar-refractivity contribution in [1.29, 1.82) is 0 Å². The summed E-state index contributed by atoms with van der Waals surface area (Å²) in [7, 11) is 10.5. The van der Waals surface area contributed by atoms with Gasteiger partial charge in [0.05, 0.1) is 81.6 Å². The van der Waals surface area contributed by atoms with Crippen LogP contribution in [0.5, 0.6) is 0 Å². The number of carbonyl (C=O) groups excluding carboxylic acids is 2. The molecule has 8 nitrogen and oxygen atoms in total. The summed E-state index contributed by atoms with van der Waals surface area (Å²) in [5.41, 5.74) is 0. The van der Waals surface area contributed by atoms with E-state index in [1.165, 1.54) is 39.3 Å². The average molecular weight is 459 g/mol. The topological polar surface area (TPSA) is 103 Å². The Morgan fingerprint density at radius 3 is 0.645 bits per heavy atom. The van der Waals surface area contributed by atoms with Crippen molar-refractivity contribution in [2.45, 2.75) is 41.5 Å². The van der Waals surface area contributed by atoms with Gasteiger partial charge in [0.15, 0.2) is 0 Å². The lowest BCUT2D eigenvalue weighted by molar-refractivity contribution is -0.886. The van der Waals surface area contributed by atoms with Crippen molar-refractivity contribution in [2.75, 3.05) is 81.6 Å². The Morgan fingerprint density at radius 1 is 0.548 bits per heavy atom. The highest BCUT2D eigenvalue weighted by molar-refractivity contribution is 6.28. The van der Waals surface area contributed by atoms with Crippen LogP contribution in [0.25, 0.3) is 0 Å². The van der Waals surface area contributed by atoms with Gasteiger partial charge in [-0.1, -0.05) is 0 Å². The Morgan fingerprint density at radius 2 is 0.645 bits per heavy atom. The first-order chi connectivity index (χ1) is 13.7. The van der Waals surface area contributed by atoms with Crippen LogP contribution in [0.15, 0.2) is 0 Å². The zero-order chi connectivity index (χ0) is 26.5. The Hall–Kier alpha value is -0.975. The Kier molecular flexibility index (Phi) is 29.0. The Bertz CT molecular complexity index is 368. The van der Waals surface area contributed by atoms with Crippen molar-refractivity contribution in [3.05, 3.63) is 0 Å². The van der Waals surface area contributed by atoms with Crippen LogP contribution in [-0.4, -0.2) is 114 Å². The SMILES string of the molecule is CC[N+](C)(C)CC.CC[N+](C)(C)CC.CC[N+](C)(C)CC.O=C(F)C(=O)F.[O-]B([O-])[O-]. The van der Waals surface area contributed by atoms with Gasteiger partial charge in [-0.3, -0.25) is 7.32 Å². The quantitative estimate of drug-likeness (QED) is 0.218. The van der Waals surface area contributed by atoms with Gasteiger partial charge < -0.3 is 28.5 Å². The second kappa shape index (κ2) is 22.2. The fourth-order valence-corrected chi connectivity index (χ4v) is 0.671. The molecule has 190 valence electrons. The van der Waals surface area contributed by atoms with E-state index in [4.69, 9.17) is 24.7 Å². The van der Waals surface area contributed by atoms with Gasteiger partial charge >= 0.3 is 12.1 Å². The van der Waals surface area contributed by atoms with E-state index in [0.717, 1.165) is 13.4 Å². The predicted molar refractivity (Wildman–Crippen MR) is 118 cm³/mol. The Labute approximate surface area is 190 Å². The van der Waals surface area contributed by atoms with Crippen molar-refractivity contribution in [3.63, 3.8) is 0 Å². The molecule has 0 aromatic heterocycles. The average Bonchev–Trinajstić information content (AvgIpc) is 2.69. The van der Waals surface area contributed by atoms with Gasteiger partial charge in [0.1, 0.15) is 0 Å². The maximum Gasteiger partial charge on any atom is 0.401 e. The third-order valence-electron chi connectivity index (χ3n) is 5.29. The molecule has 0 heterocycles. The first-order valence-corrected chi connectivity index (χ1v) is 10.6. The molecule has 0 fully saturated rings. The molecular formula is C20H48BF2N3O5. The molecule has 0 aliphatic rings. The van der Waals surface area contributed by atoms with E-state index in [0.29, 0.717) is 0 Å². The molecule has 0 bridgehead atoms. The highest BCUT2D eigenvalue weighted by atomic mass is 19.2. The third kappa shape index (κ3) is 48.0. The fourth-order valence-electron chi connectivity index (χ4n) is 0.671. The van der Waals surface area contributed by atoms with Crippen LogP contribution >= 0.6 is 0 Å². The summed E-state index contributed by atoms with van der Waals surface area (Å²) >= 11 is 0. The van der Waals surface area contributed by atoms with Crippen LogP contribution in [0.2, 0.25) is 0 Å². The van der Waals surface area contributed by atoms with Crippen LogP contribution in [-0.2, 0) is 9.59 Å². The van der Waals surface area contributed by atoms with Crippen LogP contribution in [0, 0.1) is 0 Å². The zero-order valence-corrected chi connectivity index (χ0v) is 22.0. The largest absolute Gasteiger partial charge is 0.907 e. The number of halogens is 2. The minimum Gasteiger partial charge on any atom is -0.907 e. The second-order valence-electron chi connectivity index (χ2n) is 8.54. The van der Waals surface area contributed by atoms with E-state index in [2.05, 4.69) is 83.8 Å². The molecule has 0 aromatic carbocycles. The van der Waals surface area contributed by atoms with Crippen LogP contribution in [0.4, 0.5) is 8.78 Å². The zero-order valence-electron chi connectivity index (χ0n) is 22.0. The predicted octanol–water partition coefficient (Wildman–Crippen LogP) is -0.661. The molecule has 0 spiro atoms. The summed E-state index contributed by atoms with van der Waals surface area (Å²) in [4.78, 5) is 17.5. The lowest BCUT2D eigenvalue weighted by atomic mass is 10.3. The number of carbonyl (C=O) groups is 2. The molecule has 0 aliphatic heterocycles. The summed E-state index contributed by atoms with van der Waals surface area (Å²) < 4.78 is 24.3. The van der Waals surface area contributed by atoms with Crippen molar-refractivity contribution >= 4 is 19.4 Å². The van der Waals surface area contributed by atoms with E-state index in [-0.39, 0.29) is 0 Å². The molecule has 0 saturated heterocycles. The Balaban J connectivity index is -0.0000000920. The van der Waals surface area contributed by atoms with Gasteiger partial charge in [-0.15, -0.1) is 0 Å². The maximum atomic E-state index is 10.5. The highest BCUT2D eigenvalue weighted by Gasteiger charge is 2.07. The summed E-state index contributed by atoms with van der Waals surface area (Å²) in [6.45, 7) is 20.7. The second-order valence-corrected chi connectivity index (χ2v) is 8.54. The van der Waals surface area contributed by atoms with Crippen LogP contribution < -0.4 is 15.1 Å². The summed E-state index contributed by atoms with van der Waals surface area (Å²) in [5, 5.41) is 25.2. The summed E-state index contributed by atoms with van der Waals surface area (Å²) in [6.07, 6.45) is 0. The van der Waals surface area contributed by atoms with Gasteiger partial charge in [0.25, 0.3) is 0 Å². The van der Waals surface area contributed by atoms with E-state index in [1.54, 1.807) is 0 Å². The highest BCUT2D eigenvalue weighted by Crippen LogP contribution is 1.92. The number of hydrogen-bond acceptors (Lipinski definition) is 5. The van der Waals surface area contributed by atoms with Gasteiger partial charge in [-0.05, 0) is 41.5 Å². The van der Waals surface area contributed by atoms with Crippen molar-refractivity contribution < 1.29 is 46.9 Å². The molecule has 0 N–H and O–H groups in total. The van der Waals surface area contributed by atoms with E-state index in [1.807, 2.05) is 0 Å². The monoisotopic (exact) mass is 459 g/mol. The first kappa shape index (κ1) is 40.4. The van der Waals surface area contributed by atoms with E-state index >= 15 is 0 Å².